The predicted molar refractivity (Wildman–Crippen MR) is 270 cm³/mol. The van der Waals surface area contributed by atoms with Gasteiger partial charge in [0.1, 0.15) is 6.61 Å². The normalized spacial score (nSPS) is 13.0. The fraction of sp³-hybridized carbons (Fsp3) is 0.684. The Morgan fingerprint density at radius 1 is 0.371 bits per heavy atom. The first-order valence-corrected chi connectivity index (χ1v) is 25.8. The molecule has 354 valence electrons. The van der Waals surface area contributed by atoms with Crippen LogP contribution < -0.4 is 0 Å². The summed E-state index contributed by atoms with van der Waals surface area (Å²) in [5.41, 5.74) is 0. The minimum absolute atomic E-state index is 0.0527. The molecule has 0 aliphatic carbocycles. The molecule has 5 heteroatoms. The van der Waals surface area contributed by atoms with Gasteiger partial charge >= 0.3 is 11.9 Å². The molecule has 0 radical (unpaired) electrons. The number of hydrogen-bond donors (Lipinski definition) is 0. The lowest BCUT2D eigenvalue weighted by Gasteiger charge is -2.18. The van der Waals surface area contributed by atoms with E-state index in [2.05, 4.69) is 118 Å². The highest BCUT2D eigenvalue weighted by Crippen LogP contribution is 2.14. The number of allylic oxidation sites excluding steroid dienone is 16. The molecule has 0 aliphatic heterocycles. The molecule has 0 fully saturated rings. The lowest BCUT2D eigenvalue weighted by atomic mass is 10.0. The second kappa shape index (κ2) is 52.2. The SMILES string of the molecule is CC/C=C\C/C=C\C/C=C\C/C=C\CCCCCCC(=O)OCC(COCCCCCCCCCCCCCCCC)OC(=O)CCCC/C=C\C/C=C\C/C=C\C/C=C\CC. The van der Waals surface area contributed by atoms with Gasteiger partial charge in [0, 0.05) is 19.4 Å². The van der Waals surface area contributed by atoms with Crippen LogP contribution in [0.2, 0.25) is 0 Å². The third kappa shape index (κ3) is 49.5. The molecule has 0 aliphatic rings. The summed E-state index contributed by atoms with van der Waals surface area (Å²) in [6.45, 7) is 7.54. The fourth-order valence-electron chi connectivity index (χ4n) is 6.84. The van der Waals surface area contributed by atoms with Crippen molar-refractivity contribution in [2.75, 3.05) is 19.8 Å². The first kappa shape index (κ1) is 58.8. The van der Waals surface area contributed by atoms with Crippen LogP contribution in [0.25, 0.3) is 0 Å². The molecule has 0 saturated carbocycles. The highest BCUT2D eigenvalue weighted by atomic mass is 16.6. The molecule has 0 saturated heterocycles. The topological polar surface area (TPSA) is 61.8 Å². The van der Waals surface area contributed by atoms with Crippen molar-refractivity contribution in [2.45, 2.75) is 232 Å². The summed E-state index contributed by atoms with van der Waals surface area (Å²) in [5, 5.41) is 0. The zero-order valence-electron chi connectivity index (χ0n) is 40.6. The average Bonchev–Trinajstić information content (AvgIpc) is 3.27. The molecule has 5 nitrogen and oxygen atoms in total. The summed E-state index contributed by atoms with van der Waals surface area (Å²) >= 11 is 0. The Morgan fingerprint density at radius 2 is 0.726 bits per heavy atom. The number of ether oxygens (including phenoxy) is 3. The Kier molecular flexibility index (Phi) is 49.5. The van der Waals surface area contributed by atoms with Gasteiger partial charge in [-0.2, -0.15) is 0 Å². The molecule has 0 spiro atoms. The van der Waals surface area contributed by atoms with Crippen LogP contribution in [0, 0.1) is 0 Å². The van der Waals surface area contributed by atoms with Crippen LogP contribution in [0.1, 0.15) is 226 Å². The molecule has 0 rings (SSSR count). The molecule has 0 N–H and O–H groups in total. The van der Waals surface area contributed by atoms with Gasteiger partial charge in [-0.05, 0) is 96.3 Å². The van der Waals surface area contributed by atoms with Gasteiger partial charge in [-0.25, -0.2) is 0 Å². The summed E-state index contributed by atoms with van der Waals surface area (Å²) in [7, 11) is 0. The molecule has 0 aromatic carbocycles. The quantitative estimate of drug-likeness (QED) is 0.0347. The fourth-order valence-corrected chi connectivity index (χ4v) is 6.84. The van der Waals surface area contributed by atoms with Crippen molar-refractivity contribution >= 4 is 11.9 Å². The lowest BCUT2D eigenvalue weighted by molar-refractivity contribution is -0.163. The van der Waals surface area contributed by atoms with E-state index in [1.54, 1.807) is 0 Å². The minimum atomic E-state index is -0.571. The van der Waals surface area contributed by atoms with Crippen LogP contribution in [0.15, 0.2) is 97.2 Å². The van der Waals surface area contributed by atoms with Crippen molar-refractivity contribution in [3.05, 3.63) is 97.2 Å². The van der Waals surface area contributed by atoms with Gasteiger partial charge in [0.2, 0.25) is 0 Å². The van der Waals surface area contributed by atoms with Crippen molar-refractivity contribution in [1.82, 2.24) is 0 Å². The number of carbonyl (C=O) groups is 2. The minimum Gasteiger partial charge on any atom is -0.462 e. The average molecular weight is 861 g/mol. The Bertz CT molecular complexity index is 1200. The summed E-state index contributed by atoms with van der Waals surface area (Å²) in [6.07, 6.45) is 69.9. The molecule has 1 unspecified atom stereocenters. The molecule has 0 aromatic heterocycles. The maximum Gasteiger partial charge on any atom is 0.306 e. The van der Waals surface area contributed by atoms with E-state index in [-0.39, 0.29) is 25.2 Å². The van der Waals surface area contributed by atoms with Gasteiger partial charge in [-0.3, -0.25) is 9.59 Å². The largest absolute Gasteiger partial charge is 0.462 e. The maximum atomic E-state index is 12.8. The molecule has 0 heterocycles. The third-order valence-corrected chi connectivity index (χ3v) is 10.6. The molecular formula is C57H96O5. The first-order valence-electron chi connectivity index (χ1n) is 25.8. The second-order valence-electron chi connectivity index (χ2n) is 16.7. The highest BCUT2D eigenvalue weighted by molar-refractivity contribution is 5.70. The smallest absolute Gasteiger partial charge is 0.306 e. The molecule has 62 heavy (non-hydrogen) atoms. The van der Waals surface area contributed by atoms with E-state index in [9.17, 15) is 9.59 Å². The monoisotopic (exact) mass is 861 g/mol. The molecule has 1 atom stereocenters. The van der Waals surface area contributed by atoms with E-state index in [1.807, 2.05) is 0 Å². The standard InChI is InChI=1S/C57H96O5/c1-4-7-10-13-16-19-22-25-28-29-31-32-35-38-41-44-47-50-56(58)61-54-55(53-60-52-49-46-43-40-37-34-27-24-21-18-15-12-9-6-3)62-57(59)51-48-45-42-39-36-33-30-26-23-20-17-14-11-8-5-2/h7-8,10-11,16-17,19-20,25-26,28,30-32,36,39,55H,4-6,9,12-15,18,21-24,27,29,33-35,37-38,40-54H2,1-3H3/b10-7-,11-8-,19-16-,20-17-,28-25-,30-26-,32-31-,39-36-. The third-order valence-electron chi connectivity index (χ3n) is 10.6. The summed E-state index contributed by atoms with van der Waals surface area (Å²) in [6, 6.07) is 0. The number of hydrogen-bond acceptors (Lipinski definition) is 5. The Morgan fingerprint density at radius 3 is 1.19 bits per heavy atom. The predicted octanol–water partition coefficient (Wildman–Crippen LogP) is 17.5. The van der Waals surface area contributed by atoms with Crippen molar-refractivity contribution in [2.24, 2.45) is 0 Å². The molecule has 0 amide bonds. The van der Waals surface area contributed by atoms with E-state index in [0.29, 0.717) is 19.4 Å². The van der Waals surface area contributed by atoms with Gasteiger partial charge in [-0.1, -0.05) is 214 Å². The van der Waals surface area contributed by atoms with Crippen LogP contribution in [0.4, 0.5) is 0 Å². The van der Waals surface area contributed by atoms with E-state index in [0.717, 1.165) is 116 Å². The summed E-state index contributed by atoms with van der Waals surface area (Å²) in [4.78, 5) is 25.4. The van der Waals surface area contributed by atoms with Gasteiger partial charge in [0.15, 0.2) is 6.10 Å². The summed E-state index contributed by atoms with van der Waals surface area (Å²) in [5.74, 6) is -0.473. The van der Waals surface area contributed by atoms with Crippen LogP contribution in [0.5, 0.6) is 0 Å². The summed E-state index contributed by atoms with van der Waals surface area (Å²) < 4.78 is 17.4. The number of rotatable bonds is 46. The van der Waals surface area contributed by atoms with Gasteiger partial charge in [-0.15, -0.1) is 0 Å². The maximum absolute atomic E-state index is 12.8. The van der Waals surface area contributed by atoms with Crippen LogP contribution in [-0.4, -0.2) is 37.9 Å². The zero-order valence-corrected chi connectivity index (χ0v) is 40.6. The van der Waals surface area contributed by atoms with Gasteiger partial charge in [0.25, 0.3) is 0 Å². The van der Waals surface area contributed by atoms with E-state index >= 15 is 0 Å². The van der Waals surface area contributed by atoms with Crippen LogP contribution >= 0.6 is 0 Å². The van der Waals surface area contributed by atoms with Crippen LogP contribution in [0.3, 0.4) is 0 Å². The molecule has 0 bridgehead atoms. The molecule has 0 aromatic rings. The highest BCUT2D eigenvalue weighted by Gasteiger charge is 2.17. The van der Waals surface area contributed by atoms with Gasteiger partial charge in [0.05, 0.1) is 6.61 Å². The number of unbranched alkanes of at least 4 members (excludes halogenated alkanes) is 19. The van der Waals surface area contributed by atoms with Crippen molar-refractivity contribution in [3.63, 3.8) is 0 Å². The number of esters is 2. The lowest BCUT2D eigenvalue weighted by Crippen LogP contribution is -2.30. The Labute approximate surface area is 383 Å². The number of carbonyl (C=O) groups excluding carboxylic acids is 2. The van der Waals surface area contributed by atoms with Crippen molar-refractivity contribution < 1.29 is 23.8 Å². The Hall–Kier alpha value is -3.18. The van der Waals surface area contributed by atoms with Crippen molar-refractivity contribution in [1.29, 1.82) is 0 Å². The van der Waals surface area contributed by atoms with E-state index in [4.69, 9.17) is 14.2 Å². The Balaban J connectivity index is 4.39. The first-order chi connectivity index (χ1) is 30.6. The second-order valence-corrected chi connectivity index (χ2v) is 16.7. The molecular weight excluding hydrogens is 765 g/mol. The van der Waals surface area contributed by atoms with E-state index < -0.39 is 6.10 Å². The van der Waals surface area contributed by atoms with Gasteiger partial charge < -0.3 is 14.2 Å². The zero-order chi connectivity index (χ0) is 44.9. The van der Waals surface area contributed by atoms with E-state index in [1.165, 1.54) is 77.0 Å². The van der Waals surface area contributed by atoms with Crippen LogP contribution in [-0.2, 0) is 23.8 Å². The van der Waals surface area contributed by atoms with Crippen molar-refractivity contribution in [3.8, 4) is 0 Å².